The van der Waals surface area contributed by atoms with E-state index in [-0.39, 0.29) is 23.8 Å². The molecule has 0 atom stereocenters. The Morgan fingerprint density at radius 2 is 1.97 bits per heavy atom. The number of halogens is 1. The van der Waals surface area contributed by atoms with Crippen LogP contribution in [0.1, 0.15) is 47.6 Å². The normalized spacial score (nSPS) is 12.5. The van der Waals surface area contributed by atoms with Crippen molar-refractivity contribution in [3.8, 4) is 28.8 Å². The highest BCUT2D eigenvalue weighted by Crippen LogP contribution is 2.47. The van der Waals surface area contributed by atoms with Crippen molar-refractivity contribution in [1.29, 1.82) is 5.26 Å². The van der Waals surface area contributed by atoms with Crippen LogP contribution >= 0.6 is 0 Å². The van der Waals surface area contributed by atoms with E-state index in [1.165, 1.54) is 25.3 Å². The predicted octanol–water partition coefficient (Wildman–Crippen LogP) is 5.66. The van der Waals surface area contributed by atoms with Crippen molar-refractivity contribution < 1.29 is 19.0 Å². The van der Waals surface area contributed by atoms with Gasteiger partial charge in [-0.2, -0.15) is 5.26 Å². The van der Waals surface area contributed by atoms with Crippen molar-refractivity contribution in [2.45, 2.75) is 32.2 Å². The number of nitriles is 1. The van der Waals surface area contributed by atoms with Gasteiger partial charge in [0.25, 0.3) is 0 Å². The molecule has 180 valence electrons. The van der Waals surface area contributed by atoms with Gasteiger partial charge in [-0.15, -0.1) is 0 Å². The number of carboxylic acid groups (broad SMARTS) is 1. The number of pyridine rings is 1. The van der Waals surface area contributed by atoms with Crippen molar-refractivity contribution >= 4 is 23.1 Å². The number of hydrogen-bond donors (Lipinski definition) is 1. The van der Waals surface area contributed by atoms with Gasteiger partial charge in [-0.05, 0) is 59.7 Å². The molecule has 1 aliphatic heterocycles. The number of rotatable bonds is 6. The number of carboxylic acids is 1. The lowest BCUT2D eigenvalue weighted by atomic mass is 9.82. The summed E-state index contributed by atoms with van der Waals surface area (Å²) in [5.41, 5.74) is 5.06. The summed E-state index contributed by atoms with van der Waals surface area (Å²) in [6, 6.07) is 15.8. The predicted molar refractivity (Wildman–Crippen MR) is 135 cm³/mol. The second-order valence-corrected chi connectivity index (χ2v) is 9.35. The molecule has 0 bridgehead atoms. The summed E-state index contributed by atoms with van der Waals surface area (Å²) in [5, 5.41) is 20.1. The molecule has 0 aliphatic carbocycles. The van der Waals surface area contributed by atoms with Crippen LogP contribution in [0.4, 0.5) is 4.39 Å². The lowest BCUT2D eigenvalue weighted by Gasteiger charge is -2.27. The zero-order valence-corrected chi connectivity index (χ0v) is 20.0. The van der Waals surface area contributed by atoms with Crippen molar-refractivity contribution in [3.63, 3.8) is 0 Å². The van der Waals surface area contributed by atoms with Crippen LogP contribution < -0.4 is 4.74 Å². The number of benzene rings is 2. The van der Waals surface area contributed by atoms with Crippen LogP contribution in [-0.2, 0) is 12.0 Å². The molecule has 0 saturated carbocycles. The summed E-state index contributed by atoms with van der Waals surface area (Å²) < 4.78 is 21.5. The quantitative estimate of drug-likeness (QED) is 0.382. The minimum absolute atomic E-state index is 0.134. The summed E-state index contributed by atoms with van der Waals surface area (Å²) in [5.74, 6) is -1.34. The van der Waals surface area contributed by atoms with Crippen molar-refractivity contribution in [2.75, 3.05) is 7.11 Å². The second kappa shape index (κ2) is 8.61. The minimum Gasteiger partial charge on any atom is -0.481 e. The average Bonchev–Trinajstić information content (AvgIpc) is 3.44. The van der Waals surface area contributed by atoms with Crippen molar-refractivity contribution in [2.24, 2.45) is 4.99 Å². The Labute approximate surface area is 207 Å². The van der Waals surface area contributed by atoms with Crippen LogP contribution in [0.25, 0.3) is 27.7 Å². The number of methoxy groups -OCH3 is 1. The highest BCUT2D eigenvalue weighted by molar-refractivity contribution is 6.04. The Hall–Kier alpha value is -4.51. The third kappa shape index (κ3) is 3.69. The van der Waals surface area contributed by atoms with Gasteiger partial charge in [-0.3, -0.25) is 4.99 Å². The number of fused-ring (bicyclic) bond motifs is 2. The van der Waals surface area contributed by atoms with E-state index in [1.54, 1.807) is 18.2 Å². The maximum atomic E-state index is 13.9. The van der Waals surface area contributed by atoms with E-state index in [2.05, 4.69) is 22.1 Å². The van der Waals surface area contributed by atoms with E-state index < -0.39 is 11.4 Å². The zero-order chi connectivity index (χ0) is 25.6. The molecule has 0 unspecified atom stereocenters. The lowest BCUT2D eigenvalue weighted by molar-refractivity contribution is 0.0689. The molecule has 4 aromatic rings. The molecule has 0 spiro atoms. The first-order chi connectivity index (χ1) is 17.2. The highest BCUT2D eigenvalue weighted by Gasteiger charge is 2.34. The molecule has 2 aromatic heterocycles. The van der Waals surface area contributed by atoms with E-state index in [0.29, 0.717) is 12.1 Å². The largest absolute Gasteiger partial charge is 0.481 e. The summed E-state index contributed by atoms with van der Waals surface area (Å²) in [7, 11) is 1.45. The lowest BCUT2D eigenvalue weighted by Crippen LogP contribution is -2.22. The molecule has 1 aliphatic rings. The number of nitrogens with zero attached hydrogens (tertiary/aromatic N) is 4. The smallest absolute Gasteiger partial charge is 0.354 e. The van der Waals surface area contributed by atoms with Gasteiger partial charge in [-0.25, -0.2) is 14.2 Å². The SMILES string of the molecule is COc1nc(C(=O)O)ccc1-c1c(C(C)(C)CC#N)n(-c2ccc(F)cc2)c2cc3c(cc12)CN=C3. The maximum absolute atomic E-state index is 13.9. The molecule has 8 heteroatoms. The fraction of sp³-hybridized carbons (Fsp3) is 0.214. The number of carbonyl (C=O) groups is 1. The van der Waals surface area contributed by atoms with Gasteiger partial charge in [0, 0.05) is 45.9 Å². The molecule has 3 heterocycles. The monoisotopic (exact) mass is 482 g/mol. The second-order valence-electron chi connectivity index (χ2n) is 9.35. The molecule has 2 aromatic carbocycles. The molecule has 0 amide bonds. The molecule has 36 heavy (non-hydrogen) atoms. The fourth-order valence-corrected chi connectivity index (χ4v) is 4.85. The fourth-order valence-electron chi connectivity index (χ4n) is 4.85. The first-order valence-corrected chi connectivity index (χ1v) is 11.4. The van der Waals surface area contributed by atoms with E-state index >= 15 is 0 Å². The van der Waals surface area contributed by atoms with Gasteiger partial charge in [0.2, 0.25) is 5.88 Å². The van der Waals surface area contributed by atoms with Crippen molar-refractivity contribution in [3.05, 3.63) is 76.9 Å². The first kappa shape index (κ1) is 23.2. The standard InChI is InChI=1S/C28H23FN4O3/c1-28(2,10-11-30)25-24(20-8-9-22(27(34)35)32-26(20)36-3)21-12-16-14-31-15-17(16)13-23(21)33(25)19-6-4-18(29)5-7-19/h4-9,12-13,15H,10,14H2,1-3H3,(H,34,35). The average molecular weight is 483 g/mol. The Balaban J connectivity index is 1.96. The number of hydrogen-bond acceptors (Lipinski definition) is 5. The number of ether oxygens (including phenoxy) is 1. The Bertz CT molecular complexity index is 1590. The Kier molecular flexibility index (Phi) is 5.56. The minimum atomic E-state index is -1.16. The van der Waals surface area contributed by atoms with Crippen LogP contribution in [0.5, 0.6) is 5.88 Å². The van der Waals surface area contributed by atoms with E-state index in [0.717, 1.165) is 39.0 Å². The summed E-state index contributed by atoms with van der Waals surface area (Å²) >= 11 is 0. The zero-order valence-electron chi connectivity index (χ0n) is 20.0. The van der Waals surface area contributed by atoms with Crippen molar-refractivity contribution in [1.82, 2.24) is 9.55 Å². The molecule has 0 saturated heterocycles. The van der Waals surface area contributed by atoms with E-state index in [9.17, 15) is 19.6 Å². The van der Waals surface area contributed by atoms with Gasteiger partial charge in [0.1, 0.15) is 5.82 Å². The van der Waals surface area contributed by atoms with Crippen LogP contribution in [0, 0.1) is 17.1 Å². The Morgan fingerprint density at radius 1 is 1.22 bits per heavy atom. The number of aliphatic imine (C=N–C) groups is 1. The third-order valence-electron chi connectivity index (χ3n) is 6.51. The first-order valence-electron chi connectivity index (χ1n) is 11.4. The molecule has 5 rings (SSSR count). The molecule has 0 radical (unpaired) electrons. The Morgan fingerprint density at radius 3 is 2.64 bits per heavy atom. The van der Waals surface area contributed by atoms with Crippen LogP contribution in [-0.4, -0.2) is 34.0 Å². The summed E-state index contributed by atoms with van der Waals surface area (Å²) in [6.07, 6.45) is 2.04. The summed E-state index contributed by atoms with van der Waals surface area (Å²) in [6.45, 7) is 4.51. The van der Waals surface area contributed by atoms with Crippen LogP contribution in [0.15, 0.2) is 53.5 Å². The molecular weight excluding hydrogens is 459 g/mol. The maximum Gasteiger partial charge on any atom is 0.354 e. The van der Waals surface area contributed by atoms with Gasteiger partial charge in [-0.1, -0.05) is 13.8 Å². The third-order valence-corrected chi connectivity index (χ3v) is 6.51. The number of aromatic carboxylic acids is 1. The molecule has 1 N–H and O–H groups in total. The molecule has 7 nitrogen and oxygen atoms in total. The van der Waals surface area contributed by atoms with Gasteiger partial charge in [0.05, 0.1) is 25.2 Å². The number of aromatic nitrogens is 2. The summed E-state index contributed by atoms with van der Waals surface area (Å²) in [4.78, 5) is 20.2. The van der Waals surface area contributed by atoms with Gasteiger partial charge in [0.15, 0.2) is 5.69 Å². The molecule has 0 fully saturated rings. The van der Waals surface area contributed by atoms with E-state index in [4.69, 9.17) is 4.74 Å². The topological polar surface area (TPSA) is 101 Å². The van der Waals surface area contributed by atoms with Gasteiger partial charge < -0.3 is 14.4 Å². The van der Waals surface area contributed by atoms with Crippen LogP contribution in [0.2, 0.25) is 0 Å². The van der Waals surface area contributed by atoms with Gasteiger partial charge >= 0.3 is 5.97 Å². The molecular formula is C28H23FN4O3. The van der Waals surface area contributed by atoms with E-state index in [1.807, 2.05) is 30.7 Å². The highest BCUT2D eigenvalue weighted by atomic mass is 19.1. The van der Waals surface area contributed by atoms with Crippen LogP contribution in [0.3, 0.4) is 0 Å².